The molecule has 0 saturated carbocycles. The summed E-state index contributed by atoms with van der Waals surface area (Å²) in [5.74, 6) is -0.896. The molecule has 22 heavy (non-hydrogen) atoms. The summed E-state index contributed by atoms with van der Waals surface area (Å²) in [4.78, 5) is 16.4. The third-order valence-corrected chi connectivity index (χ3v) is 3.39. The zero-order valence-corrected chi connectivity index (χ0v) is 12.7. The van der Waals surface area contributed by atoms with Crippen molar-refractivity contribution in [1.82, 2.24) is 0 Å². The molecule has 2 rings (SSSR count). The van der Waals surface area contributed by atoms with Gasteiger partial charge in [-0.3, -0.25) is 4.79 Å². The van der Waals surface area contributed by atoms with Gasteiger partial charge in [-0.1, -0.05) is 46.6 Å². The highest BCUT2D eigenvalue weighted by Gasteiger charge is 2.04. The fraction of sp³-hybridized carbons (Fsp3) is 0.0667. The molecule has 0 atom stereocenters. The first-order chi connectivity index (χ1) is 10.6. The molecule has 0 saturated heterocycles. The lowest BCUT2D eigenvalue weighted by Crippen LogP contribution is -2.17. The van der Waals surface area contributed by atoms with Crippen LogP contribution >= 0.6 is 23.2 Å². The van der Waals surface area contributed by atoms with E-state index < -0.39 is 11.7 Å². The number of nitrogens with one attached hydrogen (secondary N) is 1. The average Bonchev–Trinajstić information content (AvgIpc) is 2.48. The molecule has 7 heteroatoms. The van der Waals surface area contributed by atoms with Gasteiger partial charge in [-0.25, -0.2) is 4.39 Å². The molecule has 0 aliphatic heterocycles. The molecule has 0 aliphatic carbocycles. The van der Waals surface area contributed by atoms with Gasteiger partial charge in [-0.15, -0.1) is 0 Å². The predicted molar refractivity (Wildman–Crippen MR) is 85.0 cm³/mol. The minimum atomic E-state index is -0.458. The summed E-state index contributed by atoms with van der Waals surface area (Å²) in [7, 11) is 0. The largest absolute Gasteiger partial charge is 0.386 e. The number of amides is 1. The highest BCUT2D eigenvalue weighted by Crippen LogP contribution is 2.24. The molecular formula is C15H11Cl2FN2O2. The van der Waals surface area contributed by atoms with Crippen molar-refractivity contribution in [3.8, 4) is 0 Å². The molecule has 0 bridgehead atoms. The monoisotopic (exact) mass is 340 g/mol. The second-order valence-electron chi connectivity index (χ2n) is 4.21. The van der Waals surface area contributed by atoms with E-state index in [1.165, 1.54) is 24.4 Å². The molecule has 0 spiro atoms. The first-order valence-electron chi connectivity index (χ1n) is 6.21. The van der Waals surface area contributed by atoms with Crippen molar-refractivity contribution in [3.05, 3.63) is 63.9 Å². The van der Waals surface area contributed by atoms with Crippen LogP contribution in [0.2, 0.25) is 10.0 Å². The third kappa shape index (κ3) is 4.72. The molecule has 114 valence electrons. The van der Waals surface area contributed by atoms with Gasteiger partial charge in [0.25, 0.3) is 5.91 Å². The number of carbonyl (C=O) groups is 1. The van der Waals surface area contributed by atoms with Crippen molar-refractivity contribution in [2.24, 2.45) is 5.16 Å². The topological polar surface area (TPSA) is 50.7 Å². The van der Waals surface area contributed by atoms with Gasteiger partial charge in [0.1, 0.15) is 5.82 Å². The molecule has 0 aliphatic rings. The molecule has 0 fully saturated rings. The fourth-order valence-electron chi connectivity index (χ4n) is 1.57. The van der Waals surface area contributed by atoms with Gasteiger partial charge in [0, 0.05) is 11.3 Å². The van der Waals surface area contributed by atoms with Crippen LogP contribution < -0.4 is 5.32 Å². The van der Waals surface area contributed by atoms with Crippen LogP contribution in [0, 0.1) is 5.82 Å². The van der Waals surface area contributed by atoms with Crippen molar-refractivity contribution >= 4 is 41.0 Å². The Bertz CT molecular complexity index is 708. The maximum Gasteiger partial charge on any atom is 0.265 e. The Balaban J connectivity index is 1.84. The van der Waals surface area contributed by atoms with Crippen molar-refractivity contribution in [2.45, 2.75) is 0 Å². The normalized spacial score (nSPS) is 10.7. The Morgan fingerprint density at radius 2 is 2.05 bits per heavy atom. The van der Waals surface area contributed by atoms with E-state index >= 15 is 0 Å². The zero-order valence-electron chi connectivity index (χ0n) is 11.2. The number of hydrogen-bond acceptors (Lipinski definition) is 3. The highest BCUT2D eigenvalue weighted by atomic mass is 35.5. The van der Waals surface area contributed by atoms with E-state index in [0.29, 0.717) is 21.3 Å². The van der Waals surface area contributed by atoms with Crippen molar-refractivity contribution in [2.75, 3.05) is 11.9 Å². The van der Waals surface area contributed by atoms with E-state index in [2.05, 4.69) is 10.5 Å². The second kappa shape index (κ2) is 7.77. The predicted octanol–water partition coefficient (Wildman–Crippen LogP) is 4.12. The Morgan fingerprint density at radius 3 is 2.82 bits per heavy atom. The number of nitrogens with zero attached hydrogens (tertiary/aromatic N) is 1. The first kappa shape index (κ1) is 16.3. The maximum atomic E-state index is 13.0. The Kier molecular flexibility index (Phi) is 5.75. The Labute approximate surface area is 136 Å². The summed E-state index contributed by atoms with van der Waals surface area (Å²) in [5, 5.41) is 6.86. The van der Waals surface area contributed by atoms with E-state index in [1.54, 1.807) is 24.3 Å². The average molecular weight is 341 g/mol. The summed E-state index contributed by atoms with van der Waals surface area (Å²) in [5.41, 5.74) is 0.912. The van der Waals surface area contributed by atoms with Crippen LogP contribution in [0.25, 0.3) is 0 Å². The molecule has 1 N–H and O–H groups in total. The van der Waals surface area contributed by atoms with Crippen molar-refractivity contribution < 1.29 is 14.0 Å². The van der Waals surface area contributed by atoms with Gasteiger partial charge < -0.3 is 10.2 Å². The van der Waals surface area contributed by atoms with Crippen LogP contribution in [0.15, 0.2) is 47.6 Å². The first-order valence-corrected chi connectivity index (χ1v) is 6.96. The quantitative estimate of drug-likeness (QED) is 0.657. The van der Waals surface area contributed by atoms with Crippen LogP contribution in [0.3, 0.4) is 0 Å². The van der Waals surface area contributed by atoms with Crippen LogP contribution in [0.1, 0.15) is 5.56 Å². The smallest absolute Gasteiger partial charge is 0.265 e. The molecule has 4 nitrogen and oxygen atoms in total. The molecule has 0 aromatic heterocycles. The van der Waals surface area contributed by atoms with Crippen molar-refractivity contribution in [3.63, 3.8) is 0 Å². The second-order valence-corrected chi connectivity index (χ2v) is 4.99. The molecule has 0 heterocycles. The van der Waals surface area contributed by atoms with Gasteiger partial charge in [0.2, 0.25) is 0 Å². The Hall–Kier alpha value is -2.11. The number of rotatable bonds is 5. The van der Waals surface area contributed by atoms with E-state index in [1.807, 2.05) is 0 Å². The summed E-state index contributed by atoms with van der Waals surface area (Å²) in [6, 6.07) is 10.6. The number of benzene rings is 2. The lowest BCUT2D eigenvalue weighted by Gasteiger charge is -2.04. The zero-order chi connectivity index (χ0) is 15.9. The SMILES string of the molecule is O=C(CO/N=C\c1cccc(Cl)c1Cl)Nc1cccc(F)c1. The number of hydrogen-bond donors (Lipinski definition) is 1. The van der Waals surface area contributed by atoms with E-state index in [0.717, 1.165) is 0 Å². The van der Waals surface area contributed by atoms with E-state index in [9.17, 15) is 9.18 Å². The van der Waals surface area contributed by atoms with Crippen LogP contribution in [0.4, 0.5) is 10.1 Å². The van der Waals surface area contributed by atoms with Gasteiger partial charge in [-0.05, 0) is 24.3 Å². The number of oxime groups is 1. The number of halogens is 3. The molecule has 2 aromatic carbocycles. The van der Waals surface area contributed by atoms with Crippen LogP contribution in [0.5, 0.6) is 0 Å². The van der Waals surface area contributed by atoms with Gasteiger partial charge in [0.15, 0.2) is 6.61 Å². The molecule has 0 unspecified atom stereocenters. The van der Waals surface area contributed by atoms with E-state index in [-0.39, 0.29) is 6.61 Å². The number of carbonyl (C=O) groups excluding carboxylic acids is 1. The molecule has 2 aromatic rings. The number of anilines is 1. The van der Waals surface area contributed by atoms with Crippen LogP contribution in [-0.2, 0) is 9.63 Å². The standard InChI is InChI=1S/C15H11Cl2FN2O2/c16-13-6-1-3-10(15(13)17)8-19-22-9-14(21)20-12-5-2-4-11(18)7-12/h1-8H,9H2,(H,20,21)/b19-8-. The van der Waals surface area contributed by atoms with Gasteiger partial charge in [-0.2, -0.15) is 0 Å². The van der Waals surface area contributed by atoms with Gasteiger partial charge >= 0.3 is 0 Å². The maximum absolute atomic E-state index is 13.0. The van der Waals surface area contributed by atoms with Crippen LogP contribution in [-0.4, -0.2) is 18.7 Å². The fourth-order valence-corrected chi connectivity index (χ4v) is 1.93. The van der Waals surface area contributed by atoms with Gasteiger partial charge in [0.05, 0.1) is 16.3 Å². The minimum Gasteiger partial charge on any atom is -0.386 e. The lowest BCUT2D eigenvalue weighted by atomic mass is 10.2. The van der Waals surface area contributed by atoms with E-state index in [4.69, 9.17) is 28.0 Å². The summed E-state index contributed by atoms with van der Waals surface area (Å²) in [6.07, 6.45) is 1.35. The minimum absolute atomic E-state index is 0.314. The Morgan fingerprint density at radius 1 is 1.27 bits per heavy atom. The highest BCUT2D eigenvalue weighted by molar-refractivity contribution is 6.43. The summed E-state index contributed by atoms with van der Waals surface area (Å²) < 4.78 is 13.0. The molecular weight excluding hydrogens is 330 g/mol. The molecule has 1 amide bonds. The summed E-state index contributed by atoms with van der Waals surface area (Å²) >= 11 is 11.8. The lowest BCUT2D eigenvalue weighted by molar-refractivity contribution is -0.120. The third-order valence-electron chi connectivity index (χ3n) is 2.55. The van der Waals surface area contributed by atoms with Crippen molar-refractivity contribution in [1.29, 1.82) is 0 Å². The summed E-state index contributed by atoms with van der Waals surface area (Å²) in [6.45, 7) is -0.314. The molecule has 0 radical (unpaired) electrons.